The minimum Gasteiger partial charge on any atom is -0.414 e. The molecule has 2 heterocycles. The Hall–Kier alpha value is -0.106. The van der Waals surface area contributed by atoms with Gasteiger partial charge in [-0.25, -0.2) is 0 Å². The first-order valence-electron chi connectivity index (χ1n) is 26.5. The minimum atomic E-state index is -1.79. The van der Waals surface area contributed by atoms with Crippen LogP contribution in [0.25, 0.3) is 0 Å². The number of hydrogen-bond donors (Lipinski definition) is 1. The van der Waals surface area contributed by atoms with Crippen molar-refractivity contribution in [3.05, 3.63) is 11.6 Å². The Morgan fingerprint density at radius 2 is 1.03 bits per heavy atom. The predicted molar refractivity (Wildman–Crippen MR) is 258 cm³/mol. The molecule has 2 aliphatic heterocycles. The molecule has 0 bridgehead atoms. The summed E-state index contributed by atoms with van der Waals surface area (Å²) in [5, 5.41) is 12.1. The molecule has 9 fully saturated rings. The maximum absolute atomic E-state index is 11.5. The Kier molecular flexibility index (Phi) is 12.1. The van der Waals surface area contributed by atoms with Crippen molar-refractivity contribution >= 4 is 16.6 Å². The zero-order valence-corrected chi connectivity index (χ0v) is 44.9. The van der Waals surface area contributed by atoms with E-state index in [4.69, 9.17) is 27.8 Å². The van der Waals surface area contributed by atoms with Gasteiger partial charge in [0.05, 0.1) is 32.5 Å². The van der Waals surface area contributed by atoms with Gasteiger partial charge in [0.2, 0.25) is 0 Å². The summed E-state index contributed by atoms with van der Waals surface area (Å²) >= 11 is 0. The fourth-order valence-electron chi connectivity index (χ4n) is 17.1. The van der Waals surface area contributed by atoms with E-state index in [0.717, 1.165) is 82.2 Å². The van der Waals surface area contributed by atoms with Crippen LogP contribution in [0.1, 0.15) is 172 Å². The Labute approximate surface area is 387 Å². The van der Waals surface area contributed by atoms with Crippen molar-refractivity contribution in [2.24, 2.45) is 63.1 Å². The van der Waals surface area contributed by atoms with E-state index in [-0.39, 0.29) is 44.0 Å². The van der Waals surface area contributed by atoms with Gasteiger partial charge in [-0.15, -0.1) is 0 Å². The summed E-state index contributed by atoms with van der Waals surface area (Å²) in [6, 6.07) is 0. The molecule has 14 atom stereocenters. The van der Waals surface area contributed by atoms with Gasteiger partial charge in [-0.05, 0) is 178 Å². The molecule has 9 heteroatoms. The highest BCUT2D eigenvalue weighted by Crippen LogP contribution is 2.71. The molecular weight excluding hydrogens is 817 g/mol. The number of aliphatic hydroxyl groups excluding tert-OH is 1. The van der Waals surface area contributed by atoms with E-state index in [1.807, 2.05) is 0 Å². The van der Waals surface area contributed by atoms with Gasteiger partial charge in [0, 0.05) is 35.9 Å². The van der Waals surface area contributed by atoms with Crippen molar-refractivity contribution in [1.82, 2.24) is 0 Å². The topological polar surface area (TPSA) is 75.6 Å². The highest BCUT2D eigenvalue weighted by atomic mass is 28.4. The third-order valence-corrected chi connectivity index (χ3v) is 31.9. The Bertz CT molecular complexity index is 1720. The summed E-state index contributed by atoms with van der Waals surface area (Å²) in [7, 11) is -3.49. The largest absolute Gasteiger partial charge is 0.414 e. The second-order valence-corrected chi connectivity index (χ2v) is 37.0. The van der Waals surface area contributed by atoms with E-state index in [0.29, 0.717) is 35.4 Å². The fourth-order valence-corrected chi connectivity index (χ4v) is 19.8. The Balaban J connectivity index is 0.000000160. The van der Waals surface area contributed by atoms with Crippen molar-refractivity contribution in [2.75, 3.05) is 26.4 Å². The molecule has 10 aliphatic rings. The molecule has 10 rings (SSSR count). The van der Waals surface area contributed by atoms with Crippen LogP contribution in [0.2, 0.25) is 36.3 Å². The van der Waals surface area contributed by atoms with Gasteiger partial charge in [0.25, 0.3) is 0 Å². The van der Waals surface area contributed by atoms with Crippen LogP contribution in [-0.2, 0) is 27.8 Å². The van der Waals surface area contributed by atoms with Gasteiger partial charge in [-0.1, -0.05) is 80.9 Å². The summed E-state index contributed by atoms with van der Waals surface area (Å²) in [6.07, 6.45) is 22.3. The summed E-state index contributed by atoms with van der Waals surface area (Å²) in [5.41, 5.74) is 2.66. The number of hydrogen-bond acceptors (Lipinski definition) is 7. The highest BCUT2D eigenvalue weighted by molar-refractivity contribution is 6.74. The van der Waals surface area contributed by atoms with E-state index in [9.17, 15) is 5.11 Å². The molecule has 7 nitrogen and oxygen atoms in total. The third kappa shape index (κ3) is 7.43. The lowest BCUT2D eigenvalue weighted by molar-refractivity contribution is -0.253. The number of rotatable bonds is 4. The maximum Gasteiger partial charge on any atom is 0.192 e. The SMILES string of the molecule is CC(C)(C)[Si](C)(C)O[C@H]1CC[C@@]2(C)C(=CC[C@@H]3[C@@H]2CC[C@@]2(C)[C@H]3CCC23OCCO3)C1.CC(C)(C)[Si](C)(C)O[C@H]1CC[C@@]2(C)[C@H](C1)C(O)C[C@@H]1[C@@H]2CC[C@@]2(C)[C@H]1CCC21OCCO1. The number of fused-ring (bicyclic) bond motifs is 12. The molecule has 360 valence electrons. The van der Waals surface area contributed by atoms with Gasteiger partial charge in [-0.3, -0.25) is 0 Å². The van der Waals surface area contributed by atoms with Crippen LogP contribution in [0, 0.1) is 63.1 Å². The molecule has 8 aliphatic carbocycles. The molecule has 2 spiro atoms. The van der Waals surface area contributed by atoms with Crippen LogP contribution in [0.15, 0.2) is 11.6 Å². The first kappa shape index (κ1) is 47.9. The smallest absolute Gasteiger partial charge is 0.192 e. The van der Waals surface area contributed by atoms with Crippen LogP contribution in [0.3, 0.4) is 0 Å². The molecule has 0 amide bonds. The van der Waals surface area contributed by atoms with Gasteiger partial charge in [-0.2, -0.15) is 0 Å². The predicted octanol–water partition coefficient (Wildman–Crippen LogP) is 13.2. The summed E-state index contributed by atoms with van der Waals surface area (Å²) in [4.78, 5) is 0. The molecule has 1 N–H and O–H groups in total. The molecule has 0 aromatic carbocycles. The van der Waals surface area contributed by atoms with Gasteiger partial charge in [0.15, 0.2) is 28.2 Å². The number of aliphatic hydroxyl groups is 1. The molecule has 63 heavy (non-hydrogen) atoms. The average molecular weight is 912 g/mol. The van der Waals surface area contributed by atoms with Crippen molar-refractivity contribution in [3.63, 3.8) is 0 Å². The highest BCUT2D eigenvalue weighted by Gasteiger charge is 2.69. The number of allylic oxidation sites excluding steroid dienone is 1. The Morgan fingerprint density at radius 1 is 0.556 bits per heavy atom. The van der Waals surface area contributed by atoms with E-state index in [1.54, 1.807) is 5.57 Å². The van der Waals surface area contributed by atoms with Crippen molar-refractivity contribution in [1.29, 1.82) is 0 Å². The summed E-state index contributed by atoms with van der Waals surface area (Å²) < 4.78 is 39.0. The average Bonchev–Trinajstić information content (AvgIpc) is 4.00. The second kappa shape index (κ2) is 16.0. The van der Waals surface area contributed by atoms with Gasteiger partial charge < -0.3 is 32.9 Å². The van der Waals surface area contributed by atoms with E-state index >= 15 is 0 Å². The van der Waals surface area contributed by atoms with Crippen LogP contribution in [0.5, 0.6) is 0 Å². The van der Waals surface area contributed by atoms with Crippen molar-refractivity contribution in [3.8, 4) is 0 Å². The molecule has 1 unspecified atom stereocenters. The molecule has 7 saturated carbocycles. The van der Waals surface area contributed by atoms with Crippen molar-refractivity contribution < 1.29 is 32.9 Å². The van der Waals surface area contributed by atoms with Crippen LogP contribution in [0.4, 0.5) is 0 Å². The van der Waals surface area contributed by atoms with Crippen LogP contribution < -0.4 is 0 Å². The minimum absolute atomic E-state index is 0.107. The molecular formula is C54H94O7Si2. The fraction of sp³-hybridized carbons (Fsp3) is 0.963. The maximum atomic E-state index is 11.5. The zero-order chi connectivity index (χ0) is 45.4. The summed E-state index contributed by atoms with van der Waals surface area (Å²) in [5.74, 6) is 4.09. The second-order valence-electron chi connectivity index (χ2n) is 27.5. The van der Waals surface area contributed by atoms with E-state index in [1.165, 1.54) is 70.6 Å². The summed E-state index contributed by atoms with van der Waals surface area (Å²) in [6.45, 7) is 36.8. The lowest BCUT2D eigenvalue weighted by atomic mass is 9.44. The molecule has 2 saturated heterocycles. The van der Waals surface area contributed by atoms with Gasteiger partial charge in [0.1, 0.15) is 0 Å². The van der Waals surface area contributed by atoms with E-state index in [2.05, 4.69) is 102 Å². The zero-order valence-electron chi connectivity index (χ0n) is 42.9. The standard InChI is InChI=1S/C27H48O4Si.C27H46O3Si/c1-24(2,3)32(6,7)31-18-8-11-25(4)20-9-12-26(5)21(10-13-27(26)29-14-15-30-27)19(20)17-23(28)22(25)16-18;1-24(2,3)31(6,7)30-20-10-13-25(4)19(18-20)8-9-21-22(25)11-14-26(5)23(21)12-15-27(26)28-16-17-29-27/h18-23,28H,8-17H2,1-7H3;8,20-23H,9-18H2,1-7H3/t18-,19+,20-,21-,22+,23?,25+,26-;20-,21+,22-,23-,25-,26-/m00/s1. The first-order valence-corrected chi connectivity index (χ1v) is 32.4. The lowest BCUT2D eigenvalue weighted by Gasteiger charge is -2.63. The van der Waals surface area contributed by atoms with Crippen molar-refractivity contribution in [2.45, 2.75) is 238 Å². The molecule has 0 radical (unpaired) electrons. The number of ether oxygens (including phenoxy) is 4. The molecule has 0 aromatic rings. The third-order valence-electron chi connectivity index (χ3n) is 22.8. The normalized spacial score (nSPS) is 46.5. The van der Waals surface area contributed by atoms with E-state index < -0.39 is 16.6 Å². The first-order chi connectivity index (χ1) is 29.3. The van der Waals surface area contributed by atoms with Crippen LogP contribution in [-0.4, -0.2) is 78.1 Å². The van der Waals surface area contributed by atoms with Gasteiger partial charge >= 0.3 is 0 Å². The monoisotopic (exact) mass is 911 g/mol. The molecule has 0 aromatic heterocycles. The Morgan fingerprint density at radius 3 is 1.57 bits per heavy atom. The quantitative estimate of drug-likeness (QED) is 0.222. The lowest BCUT2D eigenvalue weighted by Crippen LogP contribution is -2.60. The van der Waals surface area contributed by atoms with Crippen LogP contribution >= 0.6 is 0 Å².